The minimum Gasteiger partial charge on any atom is -0.423 e. The van der Waals surface area contributed by atoms with Crippen molar-refractivity contribution in [2.75, 3.05) is 0 Å². The standard InChI is InChI=1S/C21H16IO2/c1-2-21(23)24-18-14-12-16(13-15-18)19-10-6-7-11-20(19)22-17-8-4-3-5-9-17/h2-15H,1H2/q+1. The van der Waals surface area contributed by atoms with Gasteiger partial charge in [0.2, 0.25) is 3.57 Å². The Morgan fingerprint density at radius 3 is 2.25 bits per heavy atom. The van der Waals surface area contributed by atoms with E-state index in [1.165, 1.54) is 12.7 Å². The van der Waals surface area contributed by atoms with Crippen LogP contribution in [0.1, 0.15) is 0 Å². The van der Waals surface area contributed by atoms with Crippen LogP contribution in [0.25, 0.3) is 11.1 Å². The maximum atomic E-state index is 11.3. The quantitative estimate of drug-likeness (QED) is 0.268. The van der Waals surface area contributed by atoms with Crippen molar-refractivity contribution in [2.24, 2.45) is 0 Å². The largest absolute Gasteiger partial charge is 0.423 e. The summed E-state index contributed by atoms with van der Waals surface area (Å²) < 4.78 is 7.89. The summed E-state index contributed by atoms with van der Waals surface area (Å²) in [5, 5.41) is 0. The van der Waals surface area contributed by atoms with Crippen LogP contribution in [0.3, 0.4) is 0 Å². The van der Waals surface area contributed by atoms with Crippen LogP contribution in [0.2, 0.25) is 0 Å². The molecule has 118 valence electrons. The van der Waals surface area contributed by atoms with Crippen LogP contribution in [-0.4, -0.2) is 5.97 Å². The summed E-state index contributed by atoms with van der Waals surface area (Å²) in [5.74, 6) is 0.0805. The fourth-order valence-corrected chi connectivity index (χ4v) is 4.85. The zero-order chi connectivity index (χ0) is 16.8. The highest BCUT2D eigenvalue weighted by atomic mass is 127. The third-order valence-corrected chi connectivity index (χ3v) is 6.23. The fraction of sp³-hybridized carbons (Fsp3) is 0. The van der Waals surface area contributed by atoms with Crippen molar-refractivity contribution in [3.63, 3.8) is 0 Å². The summed E-state index contributed by atoms with van der Waals surface area (Å²) in [4.78, 5) is 11.3. The van der Waals surface area contributed by atoms with E-state index in [4.69, 9.17) is 4.74 Å². The van der Waals surface area contributed by atoms with Crippen molar-refractivity contribution in [1.29, 1.82) is 0 Å². The number of carbonyl (C=O) groups is 1. The summed E-state index contributed by atoms with van der Waals surface area (Å²) in [6, 6.07) is 26.7. The fourth-order valence-electron chi connectivity index (χ4n) is 2.23. The molecule has 0 aliphatic heterocycles. The average molecular weight is 427 g/mol. The van der Waals surface area contributed by atoms with E-state index in [-0.39, 0.29) is 21.2 Å². The van der Waals surface area contributed by atoms with E-state index in [0.29, 0.717) is 5.75 Å². The normalized spacial score (nSPS) is 10.2. The van der Waals surface area contributed by atoms with E-state index in [2.05, 4.69) is 55.1 Å². The second kappa shape index (κ2) is 7.93. The smallest absolute Gasteiger partial charge is 0.358 e. The second-order valence-corrected chi connectivity index (χ2v) is 7.97. The Bertz CT molecular complexity index is 839. The SMILES string of the molecule is C=CC(=O)Oc1ccc(-c2ccccc2[I+]c2ccccc2)cc1. The predicted octanol–water partition coefficient (Wildman–Crippen LogP) is 1.57. The first kappa shape index (κ1) is 16.5. The lowest BCUT2D eigenvalue weighted by molar-refractivity contribution is -0.596. The molecule has 3 aromatic carbocycles. The highest BCUT2D eigenvalue weighted by Crippen LogP contribution is 2.22. The van der Waals surface area contributed by atoms with Gasteiger partial charge in [-0.2, -0.15) is 0 Å². The number of hydrogen-bond acceptors (Lipinski definition) is 2. The lowest BCUT2D eigenvalue weighted by Gasteiger charge is -2.04. The van der Waals surface area contributed by atoms with Crippen LogP contribution in [-0.2, 0) is 4.79 Å². The molecule has 24 heavy (non-hydrogen) atoms. The molecular weight excluding hydrogens is 411 g/mol. The number of esters is 1. The molecule has 2 nitrogen and oxygen atoms in total. The second-order valence-electron chi connectivity index (χ2n) is 5.02. The van der Waals surface area contributed by atoms with Gasteiger partial charge in [0.05, 0.1) is 0 Å². The van der Waals surface area contributed by atoms with Crippen molar-refractivity contribution in [3.8, 4) is 16.9 Å². The van der Waals surface area contributed by atoms with Gasteiger partial charge in [-0.1, -0.05) is 49.0 Å². The molecule has 3 aromatic rings. The molecule has 0 amide bonds. The lowest BCUT2D eigenvalue weighted by atomic mass is 10.1. The molecule has 3 heteroatoms. The van der Waals surface area contributed by atoms with Crippen molar-refractivity contribution >= 4 is 5.97 Å². The Morgan fingerprint density at radius 2 is 1.54 bits per heavy atom. The lowest BCUT2D eigenvalue weighted by Crippen LogP contribution is -3.61. The van der Waals surface area contributed by atoms with Crippen molar-refractivity contribution < 1.29 is 30.7 Å². The zero-order valence-electron chi connectivity index (χ0n) is 13.0. The minimum absolute atomic E-state index is 0.242. The summed E-state index contributed by atoms with van der Waals surface area (Å²) in [6.07, 6.45) is 1.16. The maximum Gasteiger partial charge on any atom is 0.358 e. The average Bonchev–Trinajstić information content (AvgIpc) is 2.64. The molecule has 0 atom stereocenters. The van der Waals surface area contributed by atoms with E-state index in [1.807, 2.05) is 30.3 Å². The van der Waals surface area contributed by atoms with Crippen LogP contribution < -0.4 is 25.9 Å². The number of rotatable bonds is 5. The van der Waals surface area contributed by atoms with Crippen LogP contribution in [0.4, 0.5) is 0 Å². The number of ether oxygens (including phenoxy) is 1. The Labute approximate surface area is 152 Å². The summed E-state index contributed by atoms with van der Waals surface area (Å²) >= 11 is -0.242. The molecule has 0 unspecified atom stereocenters. The molecule has 0 heterocycles. The van der Waals surface area contributed by atoms with E-state index in [9.17, 15) is 4.79 Å². The molecule has 0 N–H and O–H groups in total. The third kappa shape index (κ3) is 4.11. The Morgan fingerprint density at radius 1 is 0.875 bits per heavy atom. The topological polar surface area (TPSA) is 26.3 Å². The van der Waals surface area contributed by atoms with Gasteiger partial charge in [0.25, 0.3) is 0 Å². The first-order valence-corrected chi connectivity index (χ1v) is 9.65. The van der Waals surface area contributed by atoms with Gasteiger partial charge in [-0.15, -0.1) is 0 Å². The number of halogens is 1. The van der Waals surface area contributed by atoms with Gasteiger partial charge >= 0.3 is 27.2 Å². The van der Waals surface area contributed by atoms with Gasteiger partial charge in [0.1, 0.15) is 5.75 Å². The van der Waals surface area contributed by atoms with E-state index >= 15 is 0 Å². The molecular formula is C21H16IO2+. The van der Waals surface area contributed by atoms with Crippen molar-refractivity contribution in [1.82, 2.24) is 0 Å². The minimum atomic E-state index is -0.446. The van der Waals surface area contributed by atoms with Gasteiger partial charge in [-0.25, -0.2) is 4.79 Å². The molecule has 0 saturated heterocycles. The van der Waals surface area contributed by atoms with Crippen molar-refractivity contribution in [3.05, 3.63) is 98.7 Å². The van der Waals surface area contributed by atoms with Crippen LogP contribution in [0.5, 0.6) is 5.75 Å². The molecule has 0 saturated carbocycles. The van der Waals surface area contributed by atoms with Crippen LogP contribution in [0.15, 0.2) is 91.5 Å². The Hall–Kier alpha value is -2.40. The number of hydrogen-bond donors (Lipinski definition) is 0. The molecule has 0 aromatic heterocycles. The van der Waals surface area contributed by atoms with Gasteiger partial charge < -0.3 is 4.74 Å². The first-order valence-electron chi connectivity index (χ1n) is 7.50. The highest BCUT2D eigenvalue weighted by molar-refractivity contribution is 5.83. The summed E-state index contributed by atoms with van der Waals surface area (Å²) in [6.45, 7) is 3.40. The van der Waals surface area contributed by atoms with Gasteiger partial charge in [-0.3, -0.25) is 0 Å². The molecule has 3 rings (SSSR count). The predicted molar refractivity (Wildman–Crippen MR) is 91.5 cm³/mol. The summed E-state index contributed by atoms with van der Waals surface area (Å²) in [7, 11) is 0. The van der Waals surface area contributed by atoms with Gasteiger partial charge in [-0.05, 0) is 42.0 Å². The maximum absolute atomic E-state index is 11.3. The molecule has 0 radical (unpaired) electrons. The monoisotopic (exact) mass is 427 g/mol. The number of benzene rings is 3. The van der Waals surface area contributed by atoms with Crippen molar-refractivity contribution in [2.45, 2.75) is 0 Å². The first-order chi connectivity index (χ1) is 11.8. The van der Waals surface area contributed by atoms with E-state index < -0.39 is 5.97 Å². The highest BCUT2D eigenvalue weighted by Gasteiger charge is 2.20. The van der Waals surface area contributed by atoms with Gasteiger partial charge in [0.15, 0.2) is 3.57 Å². The number of carbonyl (C=O) groups excluding carboxylic acids is 1. The Kier molecular flexibility index (Phi) is 5.43. The van der Waals surface area contributed by atoms with Crippen LogP contribution in [0, 0.1) is 7.14 Å². The zero-order valence-corrected chi connectivity index (χ0v) is 15.1. The molecule has 0 spiro atoms. The summed E-state index contributed by atoms with van der Waals surface area (Å²) in [5.41, 5.74) is 2.36. The van der Waals surface area contributed by atoms with Gasteiger partial charge in [0, 0.05) is 11.6 Å². The molecule has 0 aliphatic rings. The molecule has 0 fully saturated rings. The van der Waals surface area contributed by atoms with E-state index in [1.54, 1.807) is 0 Å². The Balaban J connectivity index is 1.87. The van der Waals surface area contributed by atoms with Crippen LogP contribution >= 0.6 is 0 Å². The van der Waals surface area contributed by atoms with E-state index in [0.717, 1.165) is 11.6 Å². The third-order valence-electron chi connectivity index (χ3n) is 3.37. The molecule has 0 bridgehead atoms. The molecule has 0 aliphatic carbocycles.